The molecule has 0 saturated carbocycles. The summed E-state index contributed by atoms with van der Waals surface area (Å²) in [5.74, 6) is -3.89. The molecule has 0 radical (unpaired) electrons. The minimum absolute atomic E-state index is 0.00702. The third-order valence-corrected chi connectivity index (χ3v) is 3.74. The molecular formula is C21H20F2N2O4. The first kappa shape index (κ1) is 21.7. The summed E-state index contributed by atoms with van der Waals surface area (Å²) in [7, 11) is 0. The second kappa shape index (κ2) is 10.7. The van der Waals surface area contributed by atoms with Crippen molar-refractivity contribution >= 4 is 29.5 Å². The van der Waals surface area contributed by atoms with Gasteiger partial charge in [-0.2, -0.15) is 0 Å². The van der Waals surface area contributed by atoms with Crippen LogP contribution in [0.25, 0.3) is 6.08 Å². The Hall–Kier alpha value is -3.55. The van der Waals surface area contributed by atoms with Crippen molar-refractivity contribution in [3.63, 3.8) is 0 Å². The fourth-order valence-electron chi connectivity index (χ4n) is 2.23. The van der Waals surface area contributed by atoms with E-state index in [0.29, 0.717) is 0 Å². The van der Waals surface area contributed by atoms with Gasteiger partial charge in [-0.3, -0.25) is 14.4 Å². The summed E-state index contributed by atoms with van der Waals surface area (Å²) in [6, 6.07) is 12.3. The molecule has 2 rings (SSSR count). The van der Waals surface area contributed by atoms with Gasteiger partial charge in [-0.05, 0) is 30.7 Å². The number of halogens is 2. The van der Waals surface area contributed by atoms with E-state index in [0.717, 1.165) is 23.8 Å². The Bertz CT molecular complexity index is 881. The van der Waals surface area contributed by atoms with Crippen LogP contribution in [0.15, 0.2) is 54.6 Å². The summed E-state index contributed by atoms with van der Waals surface area (Å²) in [4.78, 5) is 35.4. The van der Waals surface area contributed by atoms with Crippen LogP contribution >= 0.6 is 0 Å². The summed E-state index contributed by atoms with van der Waals surface area (Å²) in [6.07, 6.45) is 1.52. The number of amides is 2. The van der Waals surface area contributed by atoms with Gasteiger partial charge < -0.3 is 15.4 Å². The number of rotatable bonds is 8. The van der Waals surface area contributed by atoms with E-state index in [4.69, 9.17) is 4.74 Å². The van der Waals surface area contributed by atoms with Gasteiger partial charge in [-0.25, -0.2) is 8.78 Å². The number of ether oxygens (including phenoxy) is 1. The van der Waals surface area contributed by atoms with Crippen molar-refractivity contribution in [3.05, 3.63) is 71.8 Å². The third kappa shape index (κ3) is 7.17. The molecule has 8 heteroatoms. The van der Waals surface area contributed by atoms with Crippen LogP contribution < -0.4 is 10.6 Å². The molecule has 0 unspecified atom stereocenters. The Balaban J connectivity index is 1.73. The van der Waals surface area contributed by atoms with E-state index in [2.05, 4.69) is 5.32 Å². The van der Waals surface area contributed by atoms with Gasteiger partial charge in [0.15, 0.2) is 6.10 Å². The zero-order valence-electron chi connectivity index (χ0n) is 15.7. The lowest BCUT2D eigenvalue weighted by Gasteiger charge is -2.14. The number of carbonyl (C=O) groups excluding carboxylic acids is 3. The molecule has 2 amide bonds. The maximum absolute atomic E-state index is 13.5. The summed E-state index contributed by atoms with van der Waals surface area (Å²) < 4.78 is 32.0. The smallest absolute Gasteiger partial charge is 0.308 e. The molecule has 0 heterocycles. The molecule has 2 aromatic rings. The van der Waals surface area contributed by atoms with Crippen LogP contribution in [0.2, 0.25) is 0 Å². The molecule has 0 saturated heterocycles. The Morgan fingerprint density at radius 2 is 1.69 bits per heavy atom. The molecule has 6 nitrogen and oxygen atoms in total. The molecule has 0 aliphatic heterocycles. The number of anilines is 1. The van der Waals surface area contributed by atoms with E-state index >= 15 is 0 Å². The molecule has 0 aromatic heterocycles. The second-order valence-electron chi connectivity index (χ2n) is 6.00. The average Bonchev–Trinajstić information content (AvgIpc) is 2.70. The van der Waals surface area contributed by atoms with Gasteiger partial charge in [0, 0.05) is 12.6 Å². The zero-order chi connectivity index (χ0) is 21.2. The second-order valence-corrected chi connectivity index (χ2v) is 6.00. The van der Waals surface area contributed by atoms with E-state index in [1.165, 1.54) is 13.0 Å². The fourth-order valence-corrected chi connectivity index (χ4v) is 2.23. The van der Waals surface area contributed by atoms with Crippen LogP contribution in [0.5, 0.6) is 0 Å². The summed E-state index contributed by atoms with van der Waals surface area (Å²) in [5, 5.41) is 4.56. The minimum atomic E-state index is -1.27. The highest BCUT2D eigenvalue weighted by Gasteiger charge is 2.20. The SMILES string of the molecule is C[C@H](OC(=O)CCNC(=O)/C=C/c1ccccc1)C(=O)Nc1c(F)cccc1F. The van der Waals surface area contributed by atoms with E-state index in [-0.39, 0.29) is 18.9 Å². The van der Waals surface area contributed by atoms with Crippen molar-refractivity contribution in [1.29, 1.82) is 0 Å². The number of hydrogen-bond acceptors (Lipinski definition) is 4. The first-order chi connectivity index (χ1) is 13.9. The normalized spacial score (nSPS) is 11.7. The summed E-state index contributed by atoms with van der Waals surface area (Å²) >= 11 is 0. The fraction of sp³-hybridized carbons (Fsp3) is 0.190. The standard InChI is InChI=1S/C21H20F2N2O4/c1-14(21(28)25-20-16(22)8-5-9-17(20)23)29-19(27)12-13-24-18(26)11-10-15-6-3-2-4-7-15/h2-11,14H,12-13H2,1H3,(H,24,26)(H,25,28)/b11-10+/t14-/m0/s1. The lowest BCUT2D eigenvalue weighted by atomic mass is 10.2. The Morgan fingerprint density at radius 3 is 2.34 bits per heavy atom. The largest absolute Gasteiger partial charge is 0.452 e. The van der Waals surface area contributed by atoms with Crippen LogP contribution in [-0.2, 0) is 19.1 Å². The van der Waals surface area contributed by atoms with Crippen molar-refractivity contribution in [2.75, 3.05) is 11.9 Å². The van der Waals surface area contributed by atoms with Gasteiger partial charge in [-0.15, -0.1) is 0 Å². The topological polar surface area (TPSA) is 84.5 Å². The van der Waals surface area contributed by atoms with Crippen molar-refractivity contribution in [2.45, 2.75) is 19.4 Å². The number of para-hydroxylation sites is 1. The number of esters is 1. The monoisotopic (exact) mass is 402 g/mol. The molecule has 2 N–H and O–H groups in total. The predicted octanol–water partition coefficient (Wildman–Crippen LogP) is 3.05. The van der Waals surface area contributed by atoms with E-state index in [1.54, 1.807) is 6.08 Å². The van der Waals surface area contributed by atoms with Gasteiger partial charge in [0.25, 0.3) is 5.91 Å². The van der Waals surface area contributed by atoms with Crippen LogP contribution in [0.3, 0.4) is 0 Å². The van der Waals surface area contributed by atoms with Crippen molar-refractivity contribution in [3.8, 4) is 0 Å². The van der Waals surface area contributed by atoms with E-state index in [1.807, 2.05) is 35.6 Å². The van der Waals surface area contributed by atoms with Gasteiger partial charge in [-0.1, -0.05) is 36.4 Å². The lowest BCUT2D eigenvalue weighted by molar-refractivity contribution is -0.153. The van der Waals surface area contributed by atoms with Crippen LogP contribution in [0, 0.1) is 11.6 Å². The third-order valence-electron chi connectivity index (χ3n) is 3.74. The maximum Gasteiger partial charge on any atom is 0.308 e. The molecule has 0 spiro atoms. The average molecular weight is 402 g/mol. The van der Waals surface area contributed by atoms with Crippen molar-refractivity contribution in [1.82, 2.24) is 5.32 Å². The molecule has 0 aliphatic rings. The molecule has 2 aromatic carbocycles. The van der Waals surface area contributed by atoms with Gasteiger partial charge in [0.1, 0.15) is 17.3 Å². The zero-order valence-corrected chi connectivity index (χ0v) is 15.7. The van der Waals surface area contributed by atoms with Crippen molar-refractivity contribution in [2.24, 2.45) is 0 Å². The molecule has 0 bridgehead atoms. The lowest BCUT2D eigenvalue weighted by Crippen LogP contribution is -2.32. The van der Waals surface area contributed by atoms with Crippen LogP contribution in [0.4, 0.5) is 14.5 Å². The molecule has 1 atom stereocenters. The summed E-state index contributed by atoms with van der Waals surface area (Å²) in [5.41, 5.74) is 0.242. The molecule has 0 fully saturated rings. The highest BCUT2D eigenvalue weighted by Crippen LogP contribution is 2.18. The Labute approximate surface area is 166 Å². The van der Waals surface area contributed by atoms with Crippen molar-refractivity contribution < 1.29 is 27.9 Å². The maximum atomic E-state index is 13.5. The highest BCUT2D eigenvalue weighted by molar-refractivity contribution is 5.95. The Morgan fingerprint density at radius 1 is 1.03 bits per heavy atom. The molecule has 29 heavy (non-hydrogen) atoms. The predicted molar refractivity (Wildman–Crippen MR) is 104 cm³/mol. The number of carbonyl (C=O) groups is 3. The minimum Gasteiger partial charge on any atom is -0.452 e. The van der Waals surface area contributed by atoms with Gasteiger partial charge in [0.05, 0.1) is 6.42 Å². The quantitative estimate of drug-likeness (QED) is 0.525. The van der Waals surface area contributed by atoms with E-state index < -0.39 is 35.3 Å². The molecular weight excluding hydrogens is 382 g/mol. The van der Waals surface area contributed by atoms with Crippen LogP contribution in [0.1, 0.15) is 18.9 Å². The molecule has 152 valence electrons. The van der Waals surface area contributed by atoms with Crippen LogP contribution in [-0.4, -0.2) is 30.4 Å². The summed E-state index contributed by atoms with van der Waals surface area (Å²) in [6.45, 7) is 1.28. The first-order valence-electron chi connectivity index (χ1n) is 8.82. The van der Waals surface area contributed by atoms with Gasteiger partial charge >= 0.3 is 5.97 Å². The highest BCUT2D eigenvalue weighted by atomic mass is 19.1. The molecule has 0 aliphatic carbocycles. The number of nitrogens with one attached hydrogen (secondary N) is 2. The number of benzene rings is 2. The number of hydrogen-bond donors (Lipinski definition) is 2. The Kier molecular flexibility index (Phi) is 8.02. The van der Waals surface area contributed by atoms with Gasteiger partial charge in [0.2, 0.25) is 5.91 Å². The van der Waals surface area contributed by atoms with E-state index in [9.17, 15) is 23.2 Å². The first-order valence-corrected chi connectivity index (χ1v) is 8.82.